The van der Waals surface area contributed by atoms with Crippen LogP contribution in [0.25, 0.3) is 45.5 Å². The molecule has 248 valence electrons. The van der Waals surface area contributed by atoms with Crippen LogP contribution in [0.2, 0.25) is 0 Å². The summed E-state index contributed by atoms with van der Waals surface area (Å²) in [6.45, 7) is 6.90. The van der Waals surface area contributed by atoms with Gasteiger partial charge in [0.25, 0.3) is 0 Å². The van der Waals surface area contributed by atoms with Gasteiger partial charge < -0.3 is 4.90 Å². The van der Waals surface area contributed by atoms with Gasteiger partial charge in [-0.1, -0.05) is 159 Å². The number of nitrogens with zero attached hydrogens (tertiary/aromatic N) is 1. The lowest BCUT2D eigenvalue weighted by Crippen LogP contribution is -2.23. The molecule has 0 radical (unpaired) electrons. The SMILES string of the molecule is CCC1(CC)c2cc(C=Cc3ccc(-c4ccc(-c5ccccc5)c(C)c4)cc3)ccc2-c2ccc(N(c3ccccc3)c3ccccc3)cc21. The van der Waals surface area contributed by atoms with Crippen LogP contribution in [0.3, 0.4) is 0 Å². The Labute approximate surface area is 303 Å². The van der Waals surface area contributed by atoms with Crippen molar-refractivity contribution in [2.24, 2.45) is 0 Å². The van der Waals surface area contributed by atoms with Crippen LogP contribution in [0.15, 0.2) is 170 Å². The van der Waals surface area contributed by atoms with Crippen LogP contribution in [0.5, 0.6) is 0 Å². The summed E-state index contributed by atoms with van der Waals surface area (Å²) in [4.78, 5) is 2.37. The third kappa shape index (κ3) is 6.00. The smallest absolute Gasteiger partial charge is 0.0465 e. The molecule has 0 aliphatic heterocycles. The first-order valence-electron chi connectivity index (χ1n) is 18.2. The van der Waals surface area contributed by atoms with Crippen molar-refractivity contribution < 1.29 is 0 Å². The summed E-state index contributed by atoms with van der Waals surface area (Å²) in [6.07, 6.45) is 6.60. The zero-order valence-corrected chi connectivity index (χ0v) is 29.7. The number of rotatable bonds is 9. The quantitative estimate of drug-likeness (QED) is 0.140. The highest BCUT2D eigenvalue weighted by Gasteiger charge is 2.41. The van der Waals surface area contributed by atoms with Crippen LogP contribution in [0, 0.1) is 6.92 Å². The molecule has 51 heavy (non-hydrogen) atoms. The molecule has 0 bridgehead atoms. The minimum absolute atomic E-state index is 0.0423. The maximum Gasteiger partial charge on any atom is 0.0465 e. The maximum atomic E-state index is 2.45. The molecule has 1 aliphatic rings. The molecular weight excluding hydrogens is 615 g/mol. The Bertz CT molecular complexity index is 2270. The second-order valence-electron chi connectivity index (χ2n) is 13.7. The number of hydrogen-bond acceptors (Lipinski definition) is 1. The van der Waals surface area contributed by atoms with E-state index in [2.05, 4.69) is 208 Å². The molecule has 0 heterocycles. The molecule has 0 saturated heterocycles. The highest BCUT2D eigenvalue weighted by molar-refractivity contribution is 5.87. The fraction of sp³-hybridized carbons (Fsp3) is 0.120. The summed E-state index contributed by atoms with van der Waals surface area (Å²) in [5.74, 6) is 0. The van der Waals surface area contributed by atoms with Gasteiger partial charge in [-0.15, -0.1) is 0 Å². The summed E-state index contributed by atoms with van der Waals surface area (Å²) in [6, 6.07) is 61.9. The molecule has 7 aromatic rings. The highest BCUT2D eigenvalue weighted by Crippen LogP contribution is 2.54. The normalized spacial score (nSPS) is 12.8. The molecule has 0 atom stereocenters. The van der Waals surface area contributed by atoms with E-state index in [9.17, 15) is 0 Å². The summed E-state index contributed by atoms with van der Waals surface area (Å²) in [5.41, 5.74) is 17.8. The predicted octanol–water partition coefficient (Wildman–Crippen LogP) is 14.1. The number of benzene rings is 7. The maximum absolute atomic E-state index is 2.45. The molecule has 7 aromatic carbocycles. The molecular formula is C50H43N. The van der Waals surface area contributed by atoms with Crippen LogP contribution in [-0.2, 0) is 5.41 Å². The summed E-state index contributed by atoms with van der Waals surface area (Å²) in [5, 5.41) is 0. The average molecular weight is 658 g/mol. The van der Waals surface area contributed by atoms with Gasteiger partial charge in [-0.25, -0.2) is 0 Å². The number of fused-ring (bicyclic) bond motifs is 3. The lowest BCUT2D eigenvalue weighted by Gasteiger charge is -2.32. The summed E-state index contributed by atoms with van der Waals surface area (Å²) >= 11 is 0. The monoisotopic (exact) mass is 657 g/mol. The molecule has 0 unspecified atom stereocenters. The van der Waals surface area contributed by atoms with Gasteiger partial charge in [-0.3, -0.25) is 0 Å². The minimum Gasteiger partial charge on any atom is -0.310 e. The van der Waals surface area contributed by atoms with Gasteiger partial charge in [0.2, 0.25) is 0 Å². The van der Waals surface area contributed by atoms with E-state index in [1.807, 2.05) is 0 Å². The van der Waals surface area contributed by atoms with Crippen molar-refractivity contribution in [1.29, 1.82) is 0 Å². The third-order valence-electron chi connectivity index (χ3n) is 10.9. The Kier molecular flexibility index (Phi) is 8.72. The molecule has 1 nitrogen and oxygen atoms in total. The van der Waals surface area contributed by atoms with Gasteiger partial charge in [0, 0.05) is 22.5 Å². The second-order valence-corrected chi connectivity index (χ2v) is 13.7. The topological polar surface area (TPSA) is 3.24 Å². The second kappa shape index (κ2) is 13.8. The van der Waals surface area contributed by atoms with E-state index < -0.39 is 0 Å². The van der Waals surface area contributed by atoms with E-state index >= 15 is 0 Å². The number of aryl methyl sites for hydroxylation is 1. The molecule has 0 aromatic heterocycles. The Morgan fingerprint density at radius 1 is 0.431 bits per heavy atom. The molecule has 1 aliphatic carbocycles. The average Bonchev–Trinajstić information content (AvgIpc) is 3.47. The van der Waals surface area contributed by atoms with Crippen LogP contribution in [0.4, 0.5) is 17.1 Å². The van der Waals surface area contributed by atoms with Crippen molar-refractivity contribution in [1.82, 2.24) is 0 Å². The Hall–Kier alpha value is -5.92. The van der Waals surface area contributed by atoms with Crippen LogP contribution < -0.4 is 4.90 Å². The van der Waals surface area contributed by atoms with Crippen molar-refractivity contribution in [3.8, 4) is 33.4 Å². The third-order valence-corrected chi connectivity index (χ3v) is 10.9. The molecule has 0 spiro atoms. The van der Waals surface area contributed by atoms with E-state index in [1.165, 1.54) is 66.9 Å². The van der Waals surface area contributed by atoms with E-state index in [0.29, 0.717) is 0 Å². The Balaban J connectivity index is 1.08. The fourth-order valence-corrected chi connectivity index (χ4v) is 8.12. The molecule has 0 fully saturated rings. The summed E-state index contributed by atoms with van der Waals surface area (Å²) in [7, 11) is 0. The predicted molar refractivity (Wildman–Crippen MR) is 219 cm³/mol. The molecule has 0 amide bonds. The largest absolute Gasteiger partial charge is 0.310 e. The molecule has 0 N–H and O–H groups in total. The van der Waals surface area contributed by atoms with Crippen molar-refractivity contribution in [2.75, 3.05) is 4.90 Å². The zero-order valence-electron chi connectivity index (χ0n) is 29.7. The van der Waals surface area contributed by atoms with Crippen molar-refractivity contribution in [3.05, 3.63) is 198 Å². The first-order valence-corrected chi connectivity index (χ1v) is 18.2. The lowest BCUT2D eigenvalue weighted by atomic mass is 9.73. The van der Waals surface area contributed by atoms with Crippen LogP contribution >= 0.6 is 0 Å². The molecule has 1 heteroatoms. The van der Waals surface area contributed by atoms with Crippen LogP contribution in [-0.4, -0.2) is 0 Å². The number of anilines is 3. The van der Waals surface area contributed by atoms with Crippen molar-refractivity contribution >= 4 is 29.2 Å². The van der Waals surface area contributed by atoms with Crippen molar-refractivity contribution in [3.63, 3.8) is 0 Å². The van der Waals surface area contributed by atoms with Crippen molar-refractivity contribution in [2.45, 2.75) is 39.0 Å². The van der Waals surface area contributed by atoms with Gasteiger partial charge in [-0.2, -0.15) is 0 Å². The number of hydrogen-bond donors (Lipinski definition) is 0. The zero-order chi connectivity index (χ0) is 34.8. The summed E-state index contributed by atoms with van der Waals surface area (Å²) < 4.78 is 0. The first kappa shape index (κ1) is 32.3. The van der Waals surface area contributed by atoms with Crippen LogP contribution in [0.1, 0.15) is 54.5 Å². The van der Waals surface area contributed by atoms with E-state index in [1.54, 1.807) is 0 Å². The molecule has 0 saturated carbocycles. The standard InChI is InChI=1S/C50H43N/c1-4-50(5-2)48-34-38(22-21-37-23-26-39(27-24-37)41-28-31-45(36(3)33-41)40-15-9-6-10-16-40)25-30-46(48)47-32-29-44(35-49(47)50)51(42-17-11-7-12-18-42)43-19-13-8-14-20-43/h6-35H,4-5H2,1-3H3. The van der Waals surface area contributed by atoms with Gasteiger partial charge in [0.05, 0.1) is 0 Å². The van der Waals surface area contributed by atoms with Gasteiger partial charge >= 0.3 is 0 Å². The highest BCUT2D eigenvalue weighted by atomic mass is 15.1. The fourth-order valence-electron chi connectivity index (χ4n) is 8.12. The van der Waals surface area contributed by atoms with E-state index in [4.69, 9.17) is 0 Å². The molecule has 8 rings (SSSR count). The van der Waals surface area contributed by atoms with Gasteiger partial charge in [-0.05, 0) is 117 Å². The lowest BCUT2D eigenvalue weighted by molar-refractivity contribution is 0.490. The van der Waals surface area contributed by atoms with E-state index in [-0.39, 0.29) is 5.41 Å². The van der Waals surface area contributed by atoms with Gasteiger partial charge in [0.15, 0.2) is 0 Å². The minimum atomic E-state index is -0.0423. The van der Waals surface area contributed by atoms with E-state index in [0.717, 1.165) is 24.2 Å². The van der Waals surface area contributed by atoms with Gasteiger partial charge in [0.1, 0.15) is 0 Å². The Morgan fingerprint density at radius 3 is 1.55 bits per heavy atom. The first-order chi connectivity index (χ1) is 25.1. The number of para-hydroxylation sites is 2. The Morgan fingerprint density at radius 2 is 0.941 bits per heavy atom.